The van der Waals surface area contributed by atoms with Crippen LogP contribution in [0.2, 0.25) is 0 Å². The molecule has 0 aliphatic heterocycles. The quantitative estimate of drug-likeness (QED) is 0.461. The van der Waals surface area contributed by atoms with Gasteiger partial charge in [0.2, 0.25) is 0 Å². The second-order valence-corrected chi connectivity index (χ2v) is 3.60. The van der Waals surface area contributed by atoms with E-state index < -0.39 is 0 Å². The minimum atomic E-state index is 0.379. The molecule has 0 saturated carbocycles. The minimum absolute atomic E-state index is 0.379. The summed E-state index contributed by atoms with van der Waals surface area (Å²) in [7, 11) is 0. The van der Waals surface area contributed by atoms with Crippen molar-refractivity contribution in [3.05, 3.63) is 24.3 Å². The van der Waals surface area contributed by atoms with Crippen molar-refractivity contribution < 1.29 is 0 Å². The second kappa shape index (κ2) is 8.97. The SMILES string of the molecule is C=C(/C=C\C)C(C)NCCCCCN. The molecule has 3 N–H and O–H groups in total. The van der Waals surface area contributed by atoms with Crippen molar-refractivity contribution >= 4 is 0 Å². The molecule has 0 saturated heterocycles. The van der Waals surface area contributed by atoms with Gasteiger partial charge in [-0.05, 0) is 45.4 Å². The maximum Gasteiger partial charge on any atom is 0.0285 e. The Balaban J connectivity index is 3.43. The summed E-state index contributed by atoms with van der Waals surface area (Å²) in [6.45, 7) is 10.0. The van der Waals surface area contributed by atoms with Crippen LogP contribution >= 0.6 is 0 Å². The number of rotatable bonds is 8. The van der Waals surface area contributed by atoms with E-state index in [1.54, 1.807) is 0 Å². The summed E-state index contributed by atoms with van der Waals surface area (Å²) in [6.07, 6.45) is 7.62. The van der Waals surface area contributed by atoms with E-state index in [0.29, 0.717) is 6.04 Å². The third-order valence-corrected chi connectivity index (χ3v) is 2.27. The van der Waals surface area contributed by atoms with Crippen LogP contribution in [0, 0.1) is 0 Å². The molecule has 0 amide bonds. The van der Waals surface area contributed by atoms with Crippen molar-refractivity contribution in [2.45, 2.75) is 39.2 Å². The molecule has 0 aromatic heterocycles. The summed E-state index contributed by atoms with van der Waals surface area (Å²) < 4.78 is 0. The van der Waals surface area contributed by atoms with Gasteiger partial charge in [0.25, 0.3) is 0 Å². The third kappa shape index (κ3) is 6.87. The molecule has 82 valence electrons. The van der Waals surface area contributed by atoms with Crippen molar-refractivity contribution in [3.63, 3.8) is 0 Å². The smallest absolute Gasteiger partial charge is 0.0285 e. The molecule has 0 fully saturated rings. The summed E-state index contributed by atoms with van der Waals surface area (Å²) in [5.41, 5.74) is 6.56. The number of allylic oxidation sites excluding steroid dienone is 1. The fourth-order valence-corrected chi connectivity index (χ4v) is 1.25. The lowest BCUT2D eigenvalue weighted by molar-refractivity contribution is 0.569. The van der Waals surface area contributed by atoms with E-state index in [1.165, 1.54) is 12.8 Å². The fraction of sp³-hybridized carbons (Fsp3) is 0.667. The lowest BCUT2D eigenvalue weighted by Gasteiger charge is -2.13. The Kier molecular flexibility index (Phi) is 8.59. The Morgan fingerprint density at radius 3 is 2.71 bits per heavy atom. The number of unbranched alkanes of at least 4 members (excludes halogenated alkanes) is 2. The molecule has 0 aliphatic carbocycles. The molecular formula is C12H24N2. The number of nitrogens with one attached hydrogen (secondary N) is 1. The lowest BCUT2D eigenvalue weighted by Crippen LogP contribution is -2.28. The van der Waals surface area contributed by atoms with Crippen molar-refractivity contribution in [2.75, 3.05) is 13.1 Å². The number of hydrogen-bond acceptors (Lipinski definition) is 2. The number of nitrogens with two attached hydrogens (primary N) is 1. The molecule has 0 aromatic rings. The van der Waals surface area contributed by atoms with E-state index in [0.717, 1.165) is 25.1 Å². The van der Waals surface area contributed by atoms with Crippen LogP contribution in [0.3, 0.4) is 0 Å². The van der Waals surface area contributed by atoms with Crippen molar-refractivity contribution in [2.24, 2.45) is 5.73 Å². The van der Waals surface area contributed by atoms with Gasteiger partial charge in [-0.25, -0.2) is 0 Å². The first-order chi connectivity index (χ1) is 6.72. The average Bonchev–Trinajstić information content (AvgIpc) is 2.17. The van der Waals surface area contributed by atoms with Gasteiger partial charge in [-0.2, -0.15) is 0 Å². The third-order valence-electron chi connectivity index (χ3n) is 2.27. The highest BCUT2D eigenvalue weighted by molar-refractivity contribution is 5.19. The first-order valence-electron chi connectivity index (χ1n) is 5.47. The largest absolute Gasteiger partial charge is 0.330 e. The maximum absolute atomic E-state index is 5.41. The van der Waals surface area contributed by atoms with Crippen LogP contribution in [-0.2, 0) is 0 Å². The zero-order valence-electron chi connectivity index (χ0n) is 9.55. The first-order valence-corrected chi connectivity index (χ1v) is 5.47. The van der Waals surface area contributed by atoms with E-state index in [2.05, 4.69) is 24.9 Å². The highest BCUT2D eigenvalue weighted by Crippen LogP contribution is 2.01. The Bertz CT molecular complexity index is 173. The molecule has 0 aromatic carbocycles. The zero-order chi connectivity index (χ0) is 10.8. The molecule has 0 radical (unpaired) electrons. The molecule has 14 heavy (non-hydrogen) atoms. The van der Waals surface area contributed by atoms with Gasteiger partial charge >= 0.3 is 0 Å². The molecule has 1 unspecified atom stereocenters. The molecule has 2 nitrogen and oxygen atoms in total. The van der Waals surface area contributed by atoms with E-state index >= 15 is 0 Å². The molecular weight excluding hydrogens is 172 g/mol. The predicted octanol–water partition coefficient (Wildman–Crippen LogP) is 2.23. The Labute approximate surface area is 88.3 Å². The molecule has 0 aliphatic rings. The van der Waals surface area contributed by atoms with Gasteiger partial charge < -0.3 is 11.1 Å². The van der Waals surface area contributed by atoms with Gasteiger partial charge in [0.1, 0.15) is 0 Å². The Hall–Kier alpha value is -0.600. The average molecular weight is 196 g/mol. The first kappa shape index (κ1) is 13.4. The second-order valence-electron chi connectivity index (χ2n) is 3.60. The van der Waals surface area contributed by atoms with Crippen molar-refractivity contribution in [1.82, 2.24) is 5.32 Å². The highest BCUT2D eigenvalue weighted by atomic mass is 14.9. The van der Waals surface area contributed by atoms with Gasteiger partial charge in [-0.1, -0.05) is 25.2 Å². The summed E-state index contributed by atoms with van der Waals surface area (Å²) >= 11 is 0. The summed E-state index contributed by atoms with van der Waals surface area (Å²) in [5.74, 6) is 0. The topological polar surface area (TPSA) is 38.0 Å². The predicted molar refractivity (Wildman–Crippen MR) is 64.3 cm³/mol. The van der Waals surface area contributed by atoms with Gasteiger partial charge in [0.15, 0.2) is 0 Å². The van der Waals surface area contributed by atoms with Crippen molar-refractivity contribution in [3.8, 4) is 0 Å². The van der Waals surface area contributed by atoms with Crippen LogP contribution in [0.5, 0.6) is 0 Å². The monoisotopic (exact) mass is 196 g/mol. The molecule has 0 spiro atoms. The fourth-order valence-electron chi connectivity index (χ4n) is 1.25. The standard InChI is InChI=1S/C12H24N2/c1-4-8-11(2)12(3)14-10-7-5-6-9-13/h4,8,12,14H,2,5-7,9-10,13H2,1,3H3/b8-4-. The van der Waals surface area contributed by atoms with Crippen LogP contribution in [0.1, 0.15) is 33.1 Å². The molecule has 0 heterocycles. The molecule has 0 bridgehead atoms. The van der Waals surface area contributed by atoms with Gasteiger partial charge in [0, 0.05) is 6.04 Å². The van der Waals surface area contributed by atoms with Gasteiger partial charge in [-0.15, -0.1) is 0 Å². The Morgan fingerprint density at radius 1 is 1.43 bits per heavy atom. The van der Waals surface area contributed by atoms with Crippen LogP contribution in [0.4, 0.5) is 0 Å². The van der Waals surface area contributed by atoms with Crippen molar-refractivity contribution in [1.29, 1.82) is 0 Å². The van der Waals surface area contributed by atoms with E-state index in [4.69, 9.17) is 5.73 Å². The van der Waals surface area contributed by atoms with Gasteiger partial charge in [-0.3, -0.25) is 0 Å². The summed E-state index contributed by atoms with van der Waals surface area (Å²) in [5, 5.41) is 3.43. The normalized spacial score (nSPS) is 13.4. The lowest BCUT2D eigenvalue weighted by atomic mass is 10.1. The Morgan fingerprint density at radius 2 is 2.14 bits per heavy atom. The summed E-state index contributed by atoms with van der Waals surface area (Å²) in [4.78, 5) is 0. The maximum atomic E-state index is 5.41. The van der Waals surface area contributed by atoms with Gasteiger partial charge in [0.05, 0.1) is 0 Å². The highest BCUT2D eigenvalue weighted by Gasteiger charge is 2.01. The minimum Gasteiger partial charge on any atom is -0.330 e. The van der Waals surface area contributed by atoms with Crippen LogP contribution in [0.15, 0.2) is 24.3 Å². The summed E-state index contributed by atoms with van der Waals surface area (Å²) in [6, 6.07) is 0.379. The zero-order valence-corrected chi connectivity index (χ0v) is 9.55. The molecule has 1 atom stereocenters. The van der Waals surface area contributed by atoms with Crippen LogP contribution < -0.4 is 11.1 Å². The van der Waals surface area contributed by atoms with Crippen LogP contribution in [0.25, 0.3) is 0 Å². The molecule has 0 rings (SSSR count). The van der Waals surface area contributed by atoms with E-state index in [9.17, 15) is 0 Å². The van der Waals surface area contributed by atoms with E-state index in [-0.39, 0.29) is 0 Å². The van der Waals surface area contributed by atoms with E-state index in [1.807, 2.05) is 13.0 Å². The van der Waals surface area contributed by atoms with Crippen LogP contribution in [-0.4, -0.2) is 19.1 Å². The molecule has 2 heteroatoms. The number of hydrogen-bond donors (Lipinski definition) is 2.